The molecule has 1 aliphatic heterocycles. The van der Waals surface area contributed by atoms with Crippen LogP contribution in [0.25, 0.3) is 33.4 Å². The Balaban J connectivity index is 1.99. The monoisotopic (exact) mass is 368 g/mol. The van der Waals surface area contributed by atoms with Crippen molar-refractivity contribution >= 4 is 16.9 Å². The second kappa shape index (κ2) is 5.83. The van der Waals surface area contributed by atoms with Crippen molar-refractivity contribution in [3.05, 3.63) is 76.3 Å². The summed E-state index contributed by atoms with van der Waals surface area (Å²) in [6.07, 6.45) is 0. The van der Waals surface area contributed by atoms with Crippen LogP contribution in [0.3, 0.4) is 0 Å². The Morgan fingerprint density at radius 2 is 1.36 bits per heavy atom. The second-order valence-electron chi connectivity index (χ2n) is 7.61. The topological polar surface area (TPSA) is 39.4 Å². The number of carbonyl (C=O) groups excluding carboxylic acids is 1. The Bertz CT molecular complexity index is 1290. The van der Waals surface area contributed by atoms with Gasteiger partial charge in [-0.15, -0.1) is 0 Å². The molecule has 1 aliphatic rings. The summed E-state index contributed by atoms with van der Waals surface area (Å²) in [7, 11) is 0. The first-order valence-electron chi connectivity index (χ1n) is 9.41. The smallest absolute Gasteiger partial charge is 0.344 e. The minimum absolute atomic E-state index is 0.362. The lowest BCUT2D eigenvalue weighted by atomic mass is 9.91. The molecule has 0 unspecified atom stereocenters. The summed E-state index contributed by atoms with van der Waals surface area (Å²) in [6, 6.07) is 15.7. The third kappa shape index (κ3) is 2.32. The molecule has 0 spiro atoms. The van der Waals surface area contributed by atoms with E-state index in [0.717, 1.165) is 44.5 Å². The fraction of sp³-hybridized carbons (Fsp3) is 0.160. The minimum atomic E-state index is -0.362. The molecule has 4 aromatic rings. The predicted molar refractivity (Wildman–Crippen MR) is 111 cm³/mol. The number of hydrogen-bond acceptors (Lipinski definition) is 3. The molecule has 0 radical (unpaired) electrons. The van der Waals surface area contributed by atoms with Crippen LogP contribution in [0.4, 0.5) is 0 Å². The van der Waals surface area contributed by atoms with Gasteiger partial charge in [-0.25, -0.2) is 4.79 Å². The largest absolute Gasteiger partial charge is 0.455 e. The number of aryl methyl sites for hydroxylation is 4. The first-order chi connectivity index (χ1) is 13.4. The molecule has 1 aromatic heterocycles. The highest BCUT2D eigenvalue weighted by molar-refractivity contribution is 6.09. The first kappa shape index (κ1) is 16.8. The Morgan fingerprint density at radius 1 is 0.714 bits per heavy atom. The lowest BCUT2D eigenvalue weighted by Crippen LogP contribution is -2.12. The fourth-order valence-corrected chi connectivity index (χ4v) is 3.89. The van der Waals surface area contributed by atoms with Gasteiger partial charge in [0.15, 0.2) is 0 Å². The summed E-state index contributed by atoms with van der Waals surface area (Å²) in [5.74, 6) is 0.931. The van der Waals surface area contributed by atoms with Crippen LogP contribution in [0.5, 0.6) is 5.75 Å². The summed E-state index contributed by atoms with van der Waals surface area (Å²) in [5, 5.41) is 1.04. The van der Waals surface area contributed by atoms with Crippen molar-refractivity contribution in [1.82, 2.24) is 0 Å². The SMILES string of the molecule is Cc1cc2c(cc1C)-c1c(oc3cc(C)c(C)cc13)-c1ccccc1C(=O)O2. The number of rotatable bonds is 0. The summed E-state index contributed by atoms with van der Waals surface area (Å²) in [5.41, 5.74) is 8.58. The van der Waals surface area contributed by atoms with E-state index >= 15 is 0 Å². The molecule has 0 aliphatic carbocycles. The Labute approximate surface area is 163 Å². The molecule has 0 saturated heterocycles. The Morgan fingerprint density at radius 3 is 2.14 bits per heavy atom. The van der Waals surface area contributed by atoms with Crippen LogP contribution in [0.15, 0.2) is 52.9 Å². The minimum Gasteiger partial charge on any atom is -0.455 e. The zero-order chi connectivity index (χ0) is 19.6. The molecule has 3 aromatic carbocycles. The van der Waals surface area contributed by atoms with Gasteiger partial charge in [-0.1, -0.05) is 18.2 Å². The van der Waals surface area contributed by atoms with Crippen LogP contribution in [-0.4, -0.2) is 5.97 Å². The summed E-state index contributed by atoms with van der Waals surface area (Å²) in [4.78, 5) is 12.9. The van der Waals surface area contributed by atoms with E-state index in [0.29, 0.717) is 11.3 Å². The van der Waals surface area contributed by atoms with Crippen molar-refractivity contribution < 1.29 is 13.9 Å². The van der Waals surface area contributed by atoms with Gasteiger partial charge in [0.2, 0.25) is 0 Å². The van der Waals surface area contributed by atoms with Gasteiger partial charge >= 0.3 is 5.97 Å². The van der Waals surface area contributed by atoms with Gasteiger partial charge in [0.1, 0.15) is 17.1 Å². The van der Waals surface area contributed by atoms with Gasteiger partial charge in [0.05, 0.1) is 5.56 Å². The molecule has 0 N–H and O–H groups in total. The number of esters is 1. The van der Waals surface area contributed by atoms with E-state index in [1.165, 1.54) is 11.1 Å². The number of hydrogen-bond donors (Lipinski definition) is 0. The summed E-state index contributed by atoms with van der Waals surface area (Å²) in [6.45, 7) is 8.28. The van der Waals surface area contributed by atoms with E-state index in [1.54, 1.807) is 6.07 Å². The zero-order valence-electron chi connectivity index (χ0n) is 16.3. The van der Waals surface area contributed by atoms with E-state index < -0.39 is 0 Å². The van der Waals surface area contributed by atoms with Gasteiger partial charge < -0.3 is 9.15 Å². The second-order valence-corrected chi connectivity index (χ2v) is 7.61. The molecule has 2 heterocycles. The highest BCUT2D eigenvalue weighted by Crippen LogP contribution is 2.47. The highest BCUT2D eigenvalue weighted by atomic mass is 16.5. The van der Waals surface area contributed by atoms with Crippen molar-refractivity contribution in [2.24, 2.45) is 0 Å². The van der Waals surface area contributed by atoms with E-state index in [4.69, 9.17) is 9.15 Å². The zero-order valence-corrected chi connectivity index (χ0v) is 16.3. The molecule has 5 rings (SSSR count). The molecule has 0 bridgehead atoms. The van der Waals surface area contributed by atoms with Crippen LogP contribution in [-0.2, 0) is 0 Å². The molecule has 0 amide bonds. The maximum absolute atomic E-state index is 12.9. The van der Waals surface area contributed by atoms with Crippen molar-refractivity contribution in [3.8, 4) is 28.2 Å². The van der Waals surface area contributed by atoms with Crippen LogP contribution in [0.1, 0.15) is 32.6 Å². The van der Waals surface area contributed by atoms with Gasteiger partial charge in [0.25, 0.3) is 0 Å². The highest BCUT2D eigenvalue weighted by Gasteiger charge is 2.28. The van der Waals surface area contributed by atoms with Crippen LogP contribution in [0, 0.1) is 27.7 Å². The van der Waals surface area contributed by atoms with E-state index in [9.17, 15) is 4.79 Å². The summed E-state index contributed by atoms with van der Waals surface area (Å²) < 4.78 is 12.2. The van der Waals surface area contributed by atoms with E-state index in [-0.39, 0.29) is 5.97 Å². The molecular formula is C25H20O3. The number of benzene rings is 3. The van der Waals surface area contributed by atoms with Crippen molar-refractivity contribution in [2.75, 3.05) is 0 Å². The standard InChI is InChI=1S/C25H20O3/c1-13-9-19-21(11-15(13)3)27-24-17-7-5-6-8-18(17)25(26)28-22-12-16(4)14(2)10-20(22)23(19)24/h5-12H,1-4H3. The maximum Gasteiger partial charge on any atom is 0.344 e. The van der Waals surface area contributed by atoms with E-state index in [2.05, 4.69) is 39.0 Å². The van der Waals surface area contributed by atoms with Crippen LogP contribution in [0.2, 0.25) is 0 Å². The van der Waals surface area contributed by atoms with E-state index in [1.807, 2.05) is 31.2 Å². The molecule has 3 nitrogen and oxygen atoms in total. The number of ether oxygens (including phenoxy) is 1. The molecule has 0 atom stereocenters. The van der Waals surface area contributed by atoms with Gasteiger partial charge in [0, 0.05) is 22.1 Å². The number of carbonyl (C=O) groups is 1. The van der Waals surface area contributed by atoms with Crippen LogP contribution < -0.4 is 4.74 Å². The van der Waals surface area contributed by atoms with Crippen molar-refractivity contribution in [2.45, 2.75) is 27.7 Å². The van der Waals surface area contributed by atoms with Gasteiger partial charge in [-0.2, -0.15) is 0 Å². The first-order valence-corrected chi connectivity index (χ1v) is 9.41. The number of fused-ring (bicyclic) bond motifs is 7. The molecular weight excluding hydrogens is 348 g/mol. The molecule has 0 fully saturated rings. The summed E-state index contributed by atoms with van der Waals surface area (Å²) >= 11 is 0. The quantitative estimate of drug-likeness (QED) is 0.261. The predicted octanol–water partition coefficient (Wildman–Crippen LogP) is 6.53. The average Bonchev–Trinajstić information content (AvgIpc) is 3.01. The lowest BCUT2D eigenvalue weighted by molar-refractivity contribution is 0.0735. The fourth-order valence-electron chi connectivity index (χ4n) is 3.89. The molecule has 28 heavy (non-hydrogen) atoms. The third-order valence-corrected chi connectivity index (χ3v) is 5.76. The maximum atomic E-state index is 12.9. The Kier molecular flexibility index (Phi) is 3.50. The average molecular weight is 368 g/mol. The van der Waals surface area contributed by atoms with Gasteiger partial charge in [-0.3, -0.25) is 0 Å². The van der Waals surface area contributed by atoms with Gasteiger partial charge in [-0.05, 0) is 80.3 Å². The molecule has 3 heteroatoms. The lowest BCUT2D eigenvalue weighted by Gasteiger charge is -2.18. The molecule has 138 valence electrons. The normalized spacial score (nSPS) is 12.6. The van der Waals surface area contributed by atoms with Crippen molar-refractivity contribution in [1.29, 1.82) is 0 Å². The van der Waals surface area contributed by atoms with Crippen molar-refractivity contribution in [3.63, 3.8) is 0 Å². The third-order valence-electron chi connectivity index (χ3n) is 5.76. The molecule has 0 saturated carbocycles. The van der Waals surface area contributed by atoms with Crippen LogP contribution >= 0.6 is 0 Å². The Hall–Kier alpha value is -3.33. The number of furan rings is 1.